The summed E-state index contributed by atoms with van der Waals surface area (Å²) in [6, 6.07) is 11.3. The highest BCUT2D eigenvalue weighted by molar-refractivity contribution is 5.90. The van der Waals surface area contributed by atoms with Gasteiger partial charge in [0.2, 0.25) is 5.91 Å². The lowest BCUT2D eigenvalue weighted by Crippen LogP contribution is -2.14. The zero-order valence-corrected chi connectivity index (χ0v) is 12.3. The van der Waals surface area contributed by atoms with Gasteiger partial charge in [-0.2, -0.15) is 0 Å². The zero-order valence-electron chi connectivity index (χ0n) is 12.3. The van der Waals surface area contributed by atoms with Gasteiger partial charge in [-0.15, -0.1) is 0 Å². The van der Waals surface area contributed by atoms with E-state index in [2.05, 4.69) is 10.3 Å². The summed E-state index contributed by atoms with van der Waals surface area (Å²) in [6.07, 6.45) is 2.73. The summed E-state index contributed by atoms with van der Waals surface area (Å²) < 4.78 is 0. The Kier molecular flexibility index (Phi) is 4.77. The highest BCUT2D eigenvalue weighted by Gasteiger charge is 2.06. The molecule has 0 saturated heterocycles. The van der Waals surface area contributed by atoms with Crippen LogP contribution >= 0.6 is 0 Å². The van der Waals surface area contributed by atoms with Gasteiger partial charge in [-0.05, 0) is 30.2 Å². The van der Waals surface area contributed by atoms with E-state index in [0.717, 1.165) is 16.9 Å². The highest BCUT2D eigenvalue weighted by Crippen LogP contribution is 2.14. The first-order valence-electron chi connectivity index (χ1n) is 6.83. The Hall–Kier alpha value is -2.56. The minimum atomic E-state index is -0.0663. The molecule has 110 valence electrons. The van der Waals surface area contributed by atoms with Gasteiger partial charge in [0.15, 0.2) is 0 Å². The van der Waals surface area contributed by atoms with Gasteiger partial charge < -0.3 is 16.0 Å². The number of nitrogens with one attached hydrogen (secondary N) is 1. The van der Waals surface area contributed by atoms with Crippen molar-refractivity contribution in [2.24, 2.45) is 0 Å². The average Bonchev–Trinajstić information content (AvgIpc) is 2.47. The molecule has 0 bridgehead atoms. The van der Waals surface area contributed by atoms with Crippen molar-refractivity contribution in [1.82, 2.24) is 4.98 Å². The molecular formula is C16H20N4O. The van der Waals surface area contributed by atoms with E-state index in [1.165, 1.54) is 0 Å². The molecule has 1 amide bonds. The molecule has 5 nitrogen and oxygen atoms in total. The molecule has 1 aromatic carbocycles. The van der Waals surface area contributed by atoms with Crippen LogP contribution in [0, 0.1) is 0 Å². The molecule has 1 heterocycles. The SMILES string of the molecule is CN(C)c1ccc(NC(=O)CCc2ccccc2N)nc1. The van der Waals surface area contributed by atoms with E-state index in [0.29, 0.717) is 18.7 Å². The van der Waals surface area contributed by atoms with Crippen molar-refractivity contribution >= 4 is 23.1 Å². The van der Waals surface area contributed by atoms with Crippen LogP contribution in [0.5, 0.6) is 0 Å². The molecule has 0 saturated carbocycles. The number of nitrogen functional groups attached to an aromatic ring is 1. The molecule has 2 rings (SSSR count). The molecule has 1 aromatic heterocycles. The van der Waals surface area contributed by atoms with Gasteiger partial charge in [0, 0.05) is 26.2 Å². The summed E-state index contributed by atoms with van der Waals surface area (Å²) >= 11 is 0. The van der Waals surface area contributed by atoms with Gasteiger partial charge >= 0.3 is 0 Å². The Bertz CT molecular complexity index is 608. The van der Waals surface area contributed by atoms with E-state index < -0.39 is 0 Å². The molecule has 0 aliphatic heterocycles. The van der Waals surface area contributed by atoms with Crippen molar-refractivity contribution in [3.63, 3.8) is 0 Å². The number of para-hydroxylation sites is 1. The number of aryl methyl sites for hydroxylation is 1. The molecule has 3 N–H and O–H groups in total. The van der Waals surface area contributed by atoms with E-state index in [-0.39, 0.29) is 5.91 Å². The Morgan fingerprint density at radius 3 is 2.62 bits per heavy atom. The number of rotatable bonds is 5. The number of amides is 1. The minimum absolute atomic E-state index is 0.0663. The second-order valence-electron chi connectivity index (χ2n) is 5.04. The molecule has 2 aromatic rings. The van der Waals surface area contributed by atoms with Crippen LogP contribution in [0.25, 0.3) is 0 Å². The second kappa shape index (κ2) is 6.74. The van der Waals surface area contributed by atoms with Crippen LogP contribution in [0.15, 0.2) is 42.6 Å². The Morgan fingerprint density at radius 2 is 2.00 bits per heavy atom. The van der Waals surface area contributed by atoms with Crippen molar-refractivity contribution in [2.45, 2.75) is 12.8 Å². The fourth-order valence-corrected chi connectivity index (χ4v) is 1.94. The van der Waals surface area contributed by atoms with Crippen LogP contribution in [-0.4, -0.2) is 25.0 Å². The first-order valence-corrected chi connectivity index (χ1v) is 6.83. The lowest BCUT2D eigenvalue weighted by atomic mass is 10.1. The number of carbonyl (C=O) groups is 1. The summed E-state index contributed by atoms with van der Waals surface area (Å²) in [7, 11) is 3.89. The predicted octanol–water partition coefficient (Wildman–Crippen LogP) is 2.30. The van der Waals surface area contributed by atoms with Crippen LogP contribution in [0.2, 0.25) is 0 Å². The number of anilines is 3. The summed E-state index contributed by atoms with van der Waals surface area (Å²) in [5, 5.41) is 2.79. The maximum Gasteiger partial charge on any atom is 0.225 e. The number of hydrogen-bond acceptors (Lipinski definition) is 4. The monoisotopic (exact) mass is 284 g/mol. The summed E-state index contributed by atoms with van der Waals surface area (Å²) in [4.78, 5) is 18.1. The Balaban J connectivity index is 1.88. The number of carbonyl (C=O) groups excluding carboxylic acids is 1. The Labute approximate surface area is 124 Å². The average molecular weight is 284 g/mol. The van der Waals surface area contributed by atoms with Crippen LogP contribution in [0.1, 0.15) is 12.0 Å². The maximum absolute atomic E-state index is 11.9. The van der Waals surface area contributed by atoms with E-state index in [1.807, 2.05) is 49.3 Å². The third kappa shape index (κ3) is 4.21. The summed E-state index contributed by atoms with van der Waals surface area (Å²) in [5.41, 5.74) is 8.56. The molecular weight excluding hydrogens is 264 g/mol. The van der Waals surface area contributed by atoms with Crippen molar-refractivity contribution in [1.29, 1.82) is 0 Å². The number of nitrogens with two attached hydrogens (primary N) is 1. The predicted molar refractivity (Wildman–Crippen MR) is 86.4 cm³/mol. The first kappa shape index (κ1) is 14.8. The van der Waals surface area contributed by atoms with E-state index >= 15 is 0 Å². The number of aromatic nitrogens is 1. The van der Waals surface area contributed by atoms with Crippen molar-refractivity contribution < 1.29 is 4.79 Å². The van der Waals surface area contributed by atoms with Crippen molar-refractivity contribution in [3.05, 3.63) is 48.2 Å². The molecule has 21 heavy (non-hydrogen) atoms. The summed E-state index contributed by atoms with van der Waals surface area (Å²) in [5.74, 6) is 0.495. The molecule has 0 aliphatic rings. The normalized spacial score (nSPS) is 10.2. The smallest absolute Gasteiger partial charge is 0.225 e. The third-order valence-corrected chi connectivity index (χ3v) is 3.21. The lowest BCUT2D eigenvalue weighted by Gasteiger charge is -2.12. The molecule has 0 atom stereocenters. The number of nitrogens with zero attached hydrogens (tertiary/aromatic N) is 2. The van der Waals surface area contributed by atoms with Crippen LogP contribution in [0.3, 0.4) is 0 Å². The van der Waals surface area contributed by atoms with Gasteiger partial charge in [-0.3, -0.25) is 4.79 Å². The van der Waals surface area contributed by atoms with E-state index in [9.17, 15) is 4.79 Å². The van der Waals surface area contributed by atoms with Gasteiger partial charge in [0.25, 0.3) is 0 Å². The van der Waals surface area contributed by atoms with Crippen molar-refractivity contribution in [2.75, 3.05) is 30.0 Å². The van der Waals surface area contributed by atoms with Crippen LogP contribution in [0.4, 0.5) is 17.2 Å². The summed E-state index contributed by atoms with van der Waals surface area (Å²) in [6.45, 7) is 0. The quantitative estimate of drug-likeness (QED) is 0.826. The molecule has 0 aliphatic carbocycles. The highest BCUT2D eigenvalue weighted by atomic mass is 16.1. The van der Waals surface area contributed by atoms with E-state index in [1.54, 1.807) is 12.3 Å². The Morgan fingerprint density at radius 1 is 1.24 bits per heavy atom. The zero-order chi connectivity index (χ0) is 15.2. The molecule has 0 unspecified atom stereocenters. The van der Waals surface area contributed by atoms with Crippen LogP contribution in [-0.2, 0) is 11.2 Å². The molecule has 0 spiro atoms. The largest absolute Gasteiger partial charge is 0.399 e. The van der Waals surface area contributed by atoms with E-state index in [4.69, 9.17) is 5.73 Å². The van der Waals surface area contributed by atoms with Gasteiger partial charge in [0.05, 0.1) is 11.9 Å². The maximum atomic E-state index is 11.9. The standard InChI is InChI=1S/C16H20N4O/c1-20(2)13-8-9-15(18-11-13)19-16(21)10-7-12-5-3-4-6-14(12)17/h3-6,8-9,11H,7,10,17H2,1-2H3,(H,18,19,21). The second-order valence-corrected chi connectivity index (χ2v) is 5.04. The first-order chi connectivity index (χ1) is 10.1. The number of benzene rings is 1. The third-order valence-electron chi connectivity index (χ3n) is 3.21. The fourth-order valence-electron chi connectivity index (χ4n) is 1.94. The lowest BCUT2D eigenvalue weighted by molar-refractivity contribution is -0.116. The topological polar surface area (TPSA) is 71.2 Å². The fraction of sp³-hybridized carbons (Fsp3) is 0.250. The molecule has 0 radical (unpaired) electrons. The van der Waals surface area contributed by atoms with Crippen LogP contribution < -0.4 is 16.0 Å². The van der Waals surface area contributed by atoms with Crippen molar-refractivity contribution in [3.8, 4) is 0 Å². The minimum Gasteiger partial charge on any atom is -0.399 e. The number of pyridine rings is 1. The molecule has 0 fully saturated rings. The molecule has 5 heteroatoms. The van der Waals surface area contributed by atoms with Gasteiger partial charge in [-0.25, -0.2) is 4.98 Å². The van der Waals surface area contributed by atoms with Gasteiger partial charge in [-0.1, -0.05) is 18.2 Å². The van der Waals surface area contributed by atoms with Gasteiger partial charge in [0.1, 0.15) is 5.82 Å². The number of hydrogen-bond donors (Lipinski definition) is 2.